The largest absolute Gasteiger partial charge is 0.352 e. The predicted molar refractivity (Wildman–Crippen MR) is 109 cm³/mol. The summed E-state index contributed by atoms with van der Waals surface area (Å²) in [5, 5.41) is 4.26. The van der Waals surface area contributed by atoms with Gasteiger partial charge in [0, 0.05) is 17.6 Å². The highest BCUT2D eigenvalue weighted by atomic mass is 79.9. The molecule has 4 rings (SSSR count). The van der Waals surface area contributed by atoms with Crippen LogP contribution in [0.5, 0.6) is 0 Å². The van der Waals surface area contributed by atoms with Gasteiger partial charge in [-0.2, -0.15) is 0 Å². The van der Waals surface area contributed by atoms with E-state index in [4.69, 9.17) is 12.2 Å². The standard InChI is InChI=1S/C19H16BrN3S2/c20-16-10-9-15(25-16)18-17(14-8-4-5-11-21-14)22-19(24)23(18)12-13-6-2-1-3-7-13/h1-11,17-18H,12H2,(H,22,24)/t17-,18+/m0/s1. The molecular weight excluding hydrogens is 414 g/mol. The summed E-state index contributed by atoms with van der Waals surface area (Å²) in [5.41, 5.74) is 2.25. The molecule has 0 aliphatic carbocycles. The molecule has 0 unspecified atom stereocenters. The smallest absolute Gasteiger partial charge is 0.170 e. The van der Waals surface area contributed by atoms with Gasteiger partial charge in [-0.15, -0.1) is 11.3 Å². The summed E-state index contributed by atoms with van der Waals surface area (Å²) in [7, 11) is 0. The monoisotopic (exact) mass is 429 g/mol. The maximum atomic E-state index is 5.68. The summed E-state index contributed by atoms with van der Waals surface area (Å²) in [6.07, 6.45) is 1.83. The second-order valence-electron chi connectivity index (χ2n) is 5.88. The molecule has 0 bridgehead atoms. The van der Waals surface area contributed by atoms with Gasteiger partial charge >= 0.3 is 0 Å². The van der Waals surface area contributed by atoms with E-state index in [1.807, 2.05) is 24.4 Å². The lowest BCUT2D eigenvalue weighted by Crippen LogP contribution is -2.28. The number of halogens is 1. The molecular formula is C19H16BrN3S2. The number of rotatable bonds is 4. The van der Waals surface area contributed by atoms with E-state index in [1.165, 1.54) is 10.4 Å². The first-order chi connectivity index (χ1) is 12.2. The minimum atomic E-state index is 0.0444. The normalized spacial score (nSPS) is 19.9. The molecule has 1 fully saturated rings. The van der Waals surface area contributed by atoms with Crippen molar-refractivity contribution in [2.45, 2.75) is 18.6 Å². The van der Waals surface area contributed by atoms with Gasteiger partial charge < -0.3 is 10.2 Å². The molecule has 2 aromatic heterocycles. The summed E-state index contributed by atoms with van der Waals surface area (Å²) in [5.74, 6) is 0. The number of nitrogens with one attached hydrogen (secondary N) is 1. The van der Waals surface area contributed by atoms with Crippen LogP contribution < -0.4 is 5.32 Å². The van der Waals surface area contributed by atoms with Crippen LogP contribution in [0.3, 0.4) is 0 Å². The summed E-state index contributed by atoms with van der Waals surface area (Å²) in [6, 6.07) is 20.9. The minimum absolute atomic E-state index is 0.0444. The number of hydrogen-bond acceptors (Lipinski definition) is 3. The lowest BCUT2D eigenvalue weighted by Gasteiger charge is -2.26. The summed E-state index contributed by atoms with van der Waals surface area (Å²) in [4.78, 5) is 8.10. The van der Waals surface area contributed by atoms with Crippen LogP contribution in [0.15, 0.2) is 70.6 Å². The Labute approximate surface area is 164 Å². The molecule has 3 aromatic rings. The Balaban J connectivity index is 1.72. The zero-order chi connectivity index (χ0) is 17.2. The number of nitrogens with zero attached hydrogens (tertiary/aromatic N) is 2. The number of aromatic nitrogens is 1. The number of benzene rings is 1. The zero-order valence-electron chi connectivity index (χ0n) is 13.3. The Morgan fingerprint density at radius 1 is 1.08 bits per heavy atom. The molecule has 1 aliphatic heterocycles. The second kappa shape index (κ2) is 7.23. The SMILES string of the molecule is S=C1N[C@@H](c2ccccn2)[C@@H](c2ccc(Br)s2)N1Cc1ccccc1. The Kier molecular flexibility index (Phi) is 4.83. The quantitative estimate of drug-likeness (QED) is 0.585. The molecule has 2 atom stereocenters. The molecule has 1 saturated heterocycles. The van der Waals surface area contributed by atoms with Crippen molar-refractivity contribution in [3.8, 4) is 0 Å². The van der Waals surface area contributed by atoms with Crippen molar-refractivity contribution in [2.24, 2.45) is 0 Å². The number of pyridine rings is 1. The van der Waals surface area contributed by atoms with Gasteiger partial charge in [0.1, 0.15) is 0 Å². The van der Waals surface area contributed by atoms with E-state index in [-0.39, 0.29) is 12.1 Å². The third-order valence-electron chi connectivity index (χ3n) is 4.28. The van der Waals surface area contributed by atoms with E-state index >= 15 is 0 Å². The van der Waals surface area contributed by atoms with E-state index in [1.54, 1.807) is 11.3 Å². The van der Waals surface area contributed by atoms with Crippen molar-refractivity contribution in [2.75, 3.05) is 0 Å². The van der Waals surface area contributed by atoms with Crippen molar-refractivity contribution in [3.05, 3.63) is 86.8 Å². The lowest BCUT2D eigenvalue weighted by atomic mass is 10.0. The first-order valence-electron chi connectivity index (χ1n) is 7.99. The molecule has 3 heterocycles. The van der Waals surface area contributed by atoms with Crippen LogP contribution in [0, 0.1) is 0 Å². The fourth-order valence-electron chi connectivity index (χ4n) is 3.15. The highest BCUT2D eigenvalue weighted by molar-refractivity contribution is 9.11. The fraction of sp³-hybridized carbons (Fsp3) is 0.158. The molecule has 6 heteroatoms. The molecule has 126 valence electrons. The van der Waals surface area contributed by atoms with E-state index in [9.17, 15) is 0 Å². The van der Waals surface area contributed by atoms with E-state index in [2.05, 4.69) is 73.6 Å². The highest BCUT2D eigenvalue weighted by Gasteiger charge is 2.40. The Morgan fingerprint density at radius 2 is 1.88 bits per heavy atom. The van der Waals surface area contributed by atoms with Crippen molar-refractivity contribution in [3.63, 3.8) is 0 Å². The third kappa shape index (κ3) is 3.47. The van der Waals surface area contributed by atoms with E-state index in [0.717, 1.165) is 21.1 Å². The molecule has 25 heavy (non-hydrogen) atoms. The van der Waals surface area contributed by atoms with Gasteiger partial charge in [0.15, 0.2) is 5.11 Å². The van der Waals surface area contributed by atoms with Gasteiger partial charge in [-0.3, -0.25) is 4.98 Å². The Morgan fingerprint density at radius 3 is 2.56 bits per heavy atom. The number of thiocarbonyl (C=S) groups is 1. The van der Waals surface area contributed by atoms with Crippen LogP contribution >= 0.6 is 39.5 Å². The van der Waals surface area contributed by atoms with Crippen LogP contribution in [0.2, 0.25) is 0 Å². The van der Waals surface area contributed by atoms with Gasteiger partial charge in [0.25, 0.3) is 0 Å². The molecule has 1 aromatic carbocycles. The fourth-order valence-corrected chi connectivity index (χ4v) is 5.03. The summed E-state index contributed by atoms with van der Waals surface area (Å²) >= 11 is 11.0. The van der Waals surface area contributed by atoms with Crippen molar-refractivity contribution >= 4 is 44.6 Å². The van der Waals surface area contributed by atoms with Gasteiger partial charge in [-0.05, 0) is 58.0 Å². The van der Waals surface area contributed by atoms with Crippen LogP contribution in [0.25, 0.3) is 0 Å². The number of thiophene rings is 1. The second-order valence-corrected chi connectivity index (χ2v) is 8.76. The zero-order valence-corrected chi connectivity index (χ0v) is 16.5. The molecule has 0 spiro atoms. The van der Waals surface area contributed by atoms with Gasteiger partial charge in [0.05, 0.1) is 21.6 Å². The summed E-state index contributed by atoms with van der Waals surface area (Å²) < 4.78 is 1.12. The van der Waals surface area contributed by atoms with Gasteiger partial charge in [-0.1, -0.05) is 36.4 Å². The molecule has 1 N–H and O–H groups in total. The van der Waals surface area contributed by atoms with Crippen LogP contribution in [0.1, 0.15) is 28.2 Å². The maximum Gasteiger partial charge on any atom is 0.170 e. The molecule has 1 aliphatic rings. The summed E-state index contributed by atoms with van der Waals surface area (Å²) in [6.45, 7) is 0.774. The van der Waals surface area contributed by atoms with Crippen LogP contribution in [0.4, 0.5) is 0 Å². The molecule has 0 radical (unpaired) electrons. The van der Waals surface area contributed by atoms with Crippen LogP contribution in [-0.2, 0) is 6.54 Å². The van der Waals surface area contributed by atoms with Gasteiger partial charge in [0.2, 0.25) is 0 Å². The molecule has 0 amide bonds. The first-order valence-corrected chi connectivity index (χ1v) is 10.0. The van der Waals surface area contributed by atoms with E-state index < -0.39 is 0 Å². The predicted octanol–water partition coefficient (Wildman–Crippen LogP) is 5.08. The topological polar surface area (TPSA) is 28.2 Å². The maximum absolute atomic E-state index is 5.68. The van der Waals surface area contributed by atoms with E-state index in [0.29, 0.717) is 0 Å². The number of hydrogen-bond donors (Lipinski definition) is 1. The Hall–Kier alpha value is -1.76. The lowest BCUT2D eigenvalue weighted by molar-refractivity contribution is 0.315. The van der Waals surface area contributed by atoms with Crippen molar-refractivity contribution in [1.82, 2.24) is 15.2 Å². The first kappa shape index (κ1) is 16.7. The third-order valence-corrected chi connectivity index (χ3v) is 6.33. The molecule has 3 nitrogen and oxygen atoms in total. The highest BCUT2D eigenvalue weighted by Crippen LogP contribution is 2.42. The average molecular weight is 430 g/mol. The van der Waals surface area contributed by atoms with Crippen molar-refractivity contribution in [1.29, 1.82) is 0 Å². The molecule has 0 saturated carbocycles. The van der Waals surface area contributed by atoms with Crippen LogP contribution in [-0.4, -0.2) is 15.0 Å². The van der Waals surface area contributed by atoms with Gasteiger partial charge in [-0.25, -0.2) is 0 Å². The average Bonchev–Trinajstić information content (AvgIpc) is 3.20. The van der Waals surface area contributed by atoms with Crippen molar-refractivity contribution < 1.29 is 0 Å². The Bertz CT molecular complexity index is 867. The minimum Gasteiger partial charge on any atom is -0.352 e.